The molecule has 1 aliphatic heterocycles. The van der Waals surface area contributed by atoms with Crippen LogP contribution in [0.3, 0.4) is 0 Å². The van der Waals surface area contributed by atoms with Crippen LogP contribution in [0.4, 0.5) is 6.01 Å². The number of nitrogens with zero attached hydrogens (tertiary/aromatic N) is 3. The summed E-state index contributed by atoms with van der Waals surface area (Å²) in [6.45, 7) is 2.74. The minimum Gasteiger partial charge on any atom is -0.411 e. The molecule has 0 bridgehead atoms. The summed E-state index contributed by atoms with van der Waals surface area (Å²) in [5.74, 6) is 0.666. The lowest BCUT2D eigenvalue weighted by Crippen LogP contribution is -2.36. The van der Waals surface area contributed by atoms with Crippen molar-refractivity contribution in [3.8, 4) is 0 Å². The van der Waals surface area contributed by atoms with Crippen molar-refractivity contribution in [3.63, 3.8) is 0 Å². The van der Waals surface area contributed by atoms with E-state index in [4.69, 9.17) is 10.2 Å². The van der Waals surface area contributed by atoms with Crippen LogP contribution in [0.25, 0.3) is 0 Å². The van der Waals surface area contributed by atoms with E-state index in [9.17, 15) is 0 Å². The highest BCUT2D eigenvalue weighted by Gasteiger charge is 2.20. The van der Waals surface area contributed by atoms with Gasteiger partial charge in [-0.3, -0.25) is 0 Å². The van der Waals surface area contributed by atoms with Crippen LogP contribution in [0.15, 0.2) is 10.8 Å². The standard InChI is InChI=1S/C8H14N4O.ClH/c9-5-7-1-3-12(4-2-7)8-11-10-6-13-8;/h6-7H,1-5,9H2;1H. The normalized spacial score (nSPS) is 17.9. The smallest absolute Gasteiger partial charge is 0.317 e. The van der Waals surface area contributed by atoms with Gasteiger partial charge >= 0.3 is 6.01 Å². The maximum Gasteiger partial charge on any atom is 0.317 e. The fourth-order valence-corrected chi connectivity index (χ4v) is 1.66. The molecule has 0 saturated carbocycles. The predicted molar refractivity (Wildman–Crippen MR) is 55.5 cm³/mol. The van der Waals surface area contributed by atoms with Gasteiger partial charge in [0.1, 0.15) is 0 Å². The van der Waals surface area contributed by atoms with E-state index in [1.807, 2.05) is 0 Å². The second-order valence-electron chi connectivity index (χ2n) is 3.39. The molecule has 0 atom stereocenters. The fourth-order valence-electron chi connectivity index (χ4n) is 1.66. The minimum atomic E-state index is 0. The maximum atomic E-state index is 5.60. The Labute approximate surface area is 89.1 Å². The average Bonchev–Trinajstić information content (AvgIpc) is 2.71. The lowest BCUT2D eigenvalue weighted by Gasteiger charge is -2.29. The Bertz CT molecular complexity index is 246. The van der Waals surface area contributed by atoms with Crippen LogP contribution in [0, 0.1) is 5.92 Å². The number of nitrogens with two attached hydrogens (primary N) is 1. The summed E-state index contributed by atoms with van der Waals surface area (Å²) in [4.78, 5) is 2.11. The Kier molecular flexibility index (Phi) is 4.16. The molecule has 0 radical (unpaired) electrons. The van der Waals surface area contributed by atoms with Gasteiger partial charge in [-0.05, 0) is 25.3 Å². The fraction of sp³-hybridized carbons (Fsp3) is 0.750. The van der Waals surface area contributed by atoms with Crippen LogP contribution in [-0.2, 0) is 0 Å². The van der Waals surface area contributed by atoms with E-state index in [1.165, 1.54) is 6.39 Å². The zero-order valence-corrected chi connectivity index (χ0v) is 8.74. The van der Waals surface area contributed by atoms with Crippen LogP contribution in [0.1, 0.15) is 12.8 Å². The SMILES string of the molecule is Cl.NCC1CCN(c2nnco2)CC1. The minimum absolute atomic E-state index is 0. The predicted octanol–water partition coefficient (Wildman–Crippen LogP) is 0.666. The number of hydrogen-bond donors (Lipinski definition) is 1. The molecule has 2 rings (SSSR count). The first kappa shape index (κ1) is 11.3. The molecule has 5 nitrogen and oxygen atoms in total. The van der Waals surface area contributed by atoms with Crippen molar-refractivity contribution in [2.75, 3.05) is 24.5 Å². The Morgan fingerprint density at radius 3 is 2.71 bits per heavy atom. The second kappa shape index (κ2) is 5.17. The molecule has 0 unspecified atom stereocenters. The van der Waals surface area contributed by atoms with Crippen LogP contribution in [0.2, 0.25) is 0 Å². The largest absolute Gasteiger partial charge is 0.411 e. The molecule has 0 spiro atoms. The number of piperidine rings is 1. The van der Waals surface area contributed by atoms with Crippen molar-refractivity contribution in [1.29, 1.82) is 0 Å². The van der Waals surface area contributed by atoms with Gasteiger partial charge in [-0.2, -0.15) is 0 Å². The number of aromatic nitrogens is 2. The Morgan fingerprint density at radius 2 is 2.21 bits per heavy atom. The van der Waals surface area contributed by atoms with Gasteiger partial charge in [0.15, 0.2) is 0 Å². The van der Waals surface area contributed by atoms with Crippen molar-refractivity contribution in [2.45, 2.75) is 12.8 Å². The van der Waals surface area contributed by atoms with Crippen molar-refractivity contribution >= 4 is 18.4 Å². The van der Waals surface area contributed by atoms with Crippen LogP contribution in [0.5, 0.6) is 0 Å². The van der Waals surface area contributed by atoms with Gasteiger partial charge in [0.2, 0.25) is 6.39 Å². The van der Waals surface area contributed by atoms with E-state index in [0.29, 0.717) is 11.9 Å². The summed E-state index contributed by atoms with van der Waals surface area (Å²) in [7, 11) is 0. The molecule has 14 heavy (non-hydrogen) atoms. The monoisotopic (exact) mass is 218 g/mol. The number of anilines is 1. The first-order chi connectivity index (χ1) is 6.40. The highest BCUT2D eigenvalue weighted by molar-refractivity contribution is 5.85. The number of halogens is 1. The number of rotatable bonds is 2. The molecule has 1 fully saturated rings. The van der Waals surface area contributed by atoms with Gasteiger partial charge in [0, 0.05) is 13.1 Å². The molecular weight excluding hydrogens is 204 g/mol. The highest BCUT2D eigenvalue weighted by Crippen LogP contribution is 2.20. The number of hydrogen-bond acceptors (Lipinski definition) is 5. The van der Waals surface area contributed by atoms with Gasteiger partial charge in [0.05, 0.1) is 0 Å². The van der Waals surface area contributed by atoms with Gasteiger partial charge in [-0.15, -0.1) is 17.5 Å². The zero-order chi connectivity index (χ0) is 9.10. The quantitative estimate of drug-likeness (QED) is 0.790. The van der Waals surface area contributed by atoms with Crippen molar-refractivity contribution in [3.05, 3.63) is 6.39 Å². The third-order valence-electron chi connectivity index (χ3n) is 2.57. The first-order valence-electron chi connectivity index (χ1n) is 4.61. The molecule has 6 heteroatoms. The van der Waals surface area contributed by atoms with Gasteiger partial charge in [0.25, 0.3) is 0 Å². The van der Waals surface area contributed by atoms with Crippen LogP contribution in [-0.4, -0.2) is 29.8 Å². The summed E-state index contributed by atoms with van der Waals surface area (Å²) >= 11 is 0. The third-order valence-corrected chi connectivity index (χ3v) is 2.57. The van der Waals surface area contributed by atoms with Gasteiger partial charge in [-0.25, -0.2) is 0 Å². The van der Waals surface area contributed by atoms with E-state index in [2.05, 4.69) is 15.1 Å². The zero-order valence-electron chi connectivity index (χ0n) is 7.93. The molecule has 1 aromatic heterocycles. The summed E-state index contributed by atoms with van der Waals surface area (Å²) in [5, 5.41) is 7.52. The lowest BCUT2D eigenvalue weighted by atomic mass is 9.97. The van der Waals surface area contributed by atoms with Crippen molar-refractivity contribution in [2.24, 2.45) is 11.7 Å². The van der Waals surface area contributed by atoms with Crippen molar-refractivity contribution in [1.82, 2.24) is 10.2 Å². The summed E-state index contributed by atoms with van der Waals surface area (Å²) < 4.78 is 5.11. The molecule has 1 aromatic rings. The third kappa shape index (κ3) is 2.36. The molecular formula is C8H15ClN4O. The van der Waals surface area contributed by atoms with Gasteiger partial charge < -0.3 is 15.1 Å². The lowest BCUT2D eigenvalue weighted by molar-refractivity contribution is 0.394. The first-order valence-corrected chi connectivity index (χ1v) is 4.61. The average molecular weight is 219 g/mol. The van der Waals surface area contributed by atoms with E-state index in [-0.39, 0.29) is 12.4 Å². The maximum absolute atomic E-state index is 5.60. The highest BCUT2D eigenvalue weighted by atomic mass is 35.5. The summed E-state index contributed by atoms with van der Waals surface area (Å²) in [6, 6.07) is 0.635. The molecule has 1 saturated heterocycles. The second-order valence-corrected chi connectivity index (χ2v) is 3.39. The summed E-state index contributed by atoms with van der Waals surface area (Å²) in [6.07, 6.45) is 3.61. The molecule has 2 heterocycles. The van der Waals surface area contributed by atoms with Gasteiger partial charge in [-0.1, -0.05) is 5.10 Å². The molecule has 1 aliphatic rings. The Balaban J connectivity index is 0.000000980. The van der Waals surface area contributed by atoms with E-state index in [1.54, 1.807) is 0 Å². The van der Waals surface area contributed by atoms with E-state index >= 15 is 0 Å². The molecule has 0 aromatic carbocycles. The molecule has 0 aliphatic carbocycles. The van der Waals surface area contributed by atoms with Crippen LogP contribution >= 0.6 is 12.4 Å². The van der Waals surface area contributed by atoms with Crippen LogP contribution < -0.4 is 10.6 Å². The molecule has 0 amide bonds. The molecule has 80 valence electrons. The van der Waals surface area contributed by atoms with Crippen molar-refractivity contribution < 1.29 is 4.42 Å². The van der Waals surface area contributed by atoms with E-state index in [0.717, 1.165) is 32.5 Å². The topological polar surface area (TPSA) is 68.2 Å². The summed E-state index contributed by atoms with van der Waals surface area (Å²) in [5.41, 5.74) is 5.60. The Hall–Kier alpha value is -0.810. The Morgan fingerprint density at radius 1 is 1.50 bits per heavy atom. The van der Waals surface area contributed by atoms with E-state index < -0.39 is 0 Å². The molecule has 2 N–H and O–H groups in total.